The number of nitrogens with zero attached hydrogens (tertiary/aromatic N) is 2. The number of piperidine rings is 1. The first-order valence-corrected chi connectivity index (χ1v) is 6.62. The summed E-state index contributed by atoms with van der Waals surface area (Å²) >= 11 is 0. The van der Waals surface area contributed by atoms with Crippen LogP contribution in [0.5, 0.6) is 0 Å². The van der Waals surface area contributed by atoms with Crippen molar-refractivity contribution in [2.24, 2.45) is 5.92 Å². The predicted molar refractivity (Wildman–Crippen MR) is 72.4 cm³/mol. The van der Waals surface area contributed by atoms with Crippen LogP contribution in [0.3, 0.4) is 0 Å². The Balaban J connectivity index is 2.25. The zero-order valence-electron chi connectivity index (χ0n) is 11.9. The molecule has 3 N–H and O–H groups in total. The lowest BCUT2D eigenvalue weighted by Gasteiger charge is -2.30. The number of hydrogen-bond acceptors (Lipinski definition) is 3. The summed E-state index contributed by atoms with van der Waals surface area (Å²) in [6.07, 6.45) is 1.31. The maximum absolute atomic E-state index is 11.8. The van der Waals surface area contributed by atoms with Crippen LogP contribution >= 0.6 is 0 Å². The zero-order valence-corrected chi connectivity index (χ0v) is 11.9. The molecule has 0 radical (unpaired) electrons. The van der Waals surface area contributed by atoms with E-state index in [-0.39, 0.29) is 18.6 Å². The van der Waals surface area contributed by atoms with E-state index in [2.05, 4.69) is 10.6 Å². The minimum Gasteiger partial charge on any atom is -0.481 e. The van der Waals surface area contributed by atoms with Gasteiger partial charge in [-0.15, -0.1) is 0 Å². The Hall–Kier alpha value is -1.99. The summed E-state index contributed by atoms with van der Waals surface area (Å²) in [6, 6.07) is -0.502. The fourth-order valence-corrected chi connectivity index (χ4v) is 1.97. The SMILES string of the molecule is CN(C)C(=O)NCCNC(=O)N1CCC[C@@H](C(=O)O)C1. The van der Waals surface area contributed by atoms with Crippen molar-refractivity contribution in [1.82, 2.24) is 20.4 Å². The fraction of sp³-hybridized carbons (Fsp3) is 0.750. The van der Waals surface area contributed by atoms with Gasteiger partial charge in [-0.1, -0.05) is 0 Å². The molecule has 114 valence electrons. The van der Waals surface area contributed by atoms with Crippen LogP contribution in [0.2, 0.25) is 0 Å². The monoisotopic (exact) mass is 286 g/mol. The van der Waals surface area contributed by atoms with Gasteiger partial charge in [-0.25, -0.2) is 9.59 Å². The van der Waals surface area contributed by atoms with Gasteiger partial charge in [0.25, 0.3) is 0 Å². The third-order valence-corrected chi connectivity index (χ3v) is 3.14. The molecule has 1 heterocycles. The Labute approximate surface area is 118 Å². The predicted octanol–water partition coefficient (Wildman–Crippen LogP) is -0.236. The number of rotatable bonds is 4. The van der Waals surface area contributed by atoms with Crippen molar-refractivity contribution in [3.05, 3.63) is 0 Å². The number of aliphatic carboxylic acids is 1. The molecule has 0 aromatic rings. The van der Waals surface area contributed by atoms with Crippen molar-refractivity contribution in [3.63, 3.8) is 0 Å². The van der Waals surface area contributed by atoms with Gasteiger partial charge in [0.15, 0.2) is 0 Å². The molecular weight excluding hydrogens is 264 g/mol. The first-order valence-electron chi connectivity index (χ1n) is 6.62. The number of likely N-dealkylation sites (tertiary alicyclic amines) is 1. The molecule has 1 saturated heterocycles. The topological polar surface area (TPSA) is 102 Å². The third-order valence-electron chi connectivity index (χ3n) is 3.14. The fourth-order valence-electron chi connectivity index (χ4n) is 1.97. The van der Waals surface area contributed by atoms with Crippen molar-refractivity contribution in [1.29, 1.82) is 0 Å². The van der Waals surface area contributed by atoms with E-state index in [1.165, 1.54) is 9.80 Å². The lowest BCUT2D eigenvalue weighted by atomic mass is 9.99. The molecule has 20 heavy (non-hydrogen) atoms. The van der Waals surface area contributed by atoms with E-state index in [1.54, 1.807) is 14.1 Å². The zero-order chi connectivity index (χ0) is 15.1. The Kier molecular flexibility index (Phi) is 6.08. The first kappa shape index (κ1) is 16.1. The number of urea groups is 2. The van der Waals surface area contributed by atoms with E-state index in [0.717, 1.165) is 0 Å². The lowest BCUT2D eigenvalue weighted by molar-refractivity contribution is -0.143. The van der Waals surface area contributed by atoms with E-state index < -0.39 is 11.9 Å². The Morgan fingerprint density at radius 3 is 2.50 bits per heavy atom. The van der Waals surface area contributed by atoms with Gasteiger partial charge in [0.2, 0.25) is 0 Å². The van der Waals surface area contributed by atoms with Gasteiger partial charge in [-0.05, 0) is 12.8 Å². The van der Waals surface area contributed by atoms with Gasteiger partial charge in [0, 0.05) is 40.3 Å². The molecule has 0 saturated carbocycles. The van der Waals surface area contributed by atoms with Gasteiger partial charge < -0.3 is 25.5 Å². The molecule has 8 nitrogen and oxygen atoms in total. The van der Waals surface area contributed by atoms with Gasteiger partial charge in [-0.2, -0.15) is 0 Å². The third kappa shape index (κ3) is 4.94. The van der Waals surface area contributed by atoms with Crippen LogP contribution < -0.4 is 10.6 Å². The maximum atomic E-state index is 11.8. The Morgan fingerprint density at radius 2 is 1.90 bits per heavy atom. The van der Waals surface area contributed by atoms with Gasteiger partial charge >= 0.3 is 18.0 Å². The summed E-state index contributed by atoms with van der Waals surface area (Å²) in [4.78, 5) is 36.9. The second kappa shape index (κ2) is 7.56. The Morgan fingerprint density at radius 1 is 1.25 bits per heavy atom. The molecule has 0 aromatic heterocycles. The highest BCUT2D eigenvalue weighted by atomic mass is 16.4. The van der Waals surface area contributed by atoms with Crippen LogP contribution in [0.1, 0.15) is 12.8 Å². The molecule has 8 heteroatoms. The molecule has 1 aliphatic rings. The smallest absolute Gasteiger partial charge is 0.317 e. The highest BCUT2D eigenvalue weighted by molar-refractivity contribution is 5.77. The highest BCUT2D eigenvalue weighted by Crippen LogP contribution is 2.16. The van der Waals surface area contributed by atoms with Gasteiger partial charge in [-0.3, -0.25) is 4.79 Å². The van der Waals surface area contributed by atoms with Crippen molar-refractivity contribution in [3.8, 4) is 0 Å². The number of hydrogen-bond donors (Lipinski definition) is 3. The second-order valence-corrected chi connectivity index (χ2v) is 4.98. The van der Waals surface area contributed by atoms with Crippen LogP contribution in [-0.4, -0.2) is 73.2 Å². The average molecular weight is 286 g/mol. The van der Waals surface area contributed by atoms with Crippen LogP contribution in [0.25, 0.3) is 0 Å². The minimum absolute atomic E-state index is 0.219. The maximum Gasteiger partial charge on any atom is 0.317 e. The van der Waals surface area contributed by atoms with Crippen LogP contribution in [-0.2, 0) is 4.79 Å². The number of carboxylic acid groups (broad SMARTS) is 1. The summed E-state index contributed by atoms with van der Waals surface area (Å²) in [7, 11) is 3.27. The van der Waals surface area contributed by atoms with Crippen LogP contribution in [0.15, 0.2) is 0 Å². The van der Waals surface area contributed by atoms with Gasteiger partial charge in [0.05, 0.1) is 5.92 Å². The Bertz CT molecular complexity index is 372. The average Bonchev–Trinajstić information content (AvgIpc) is 2.43. The van der Waals surface area contributed by atoms with Crippen molar-refractivity contribution in [2.75, 3.05) is 40.3 Å². The normalized spacial score (nSPS) is 18.3. The van der Waals surface area contributed by atoms with E-state index in [0.29, 0.717) is 32.5 Å². The first-order chi connectivity index (χ1) is 9.41. The van der Waals surface area contributed by atoms with Crippen molar-refractivity contribution < 1.29 is 19.5 Å². The quantitative estimate of drug-likeness (QED) is 0.621. The molecular formula is C12H22N4O4. The second-order valence-electron chi connectivity index (χ2n) is 4.98. The van der Waals surface area contributed by atoms with Crippen molar-refractivity contribution >= 4 is 18.0 Å². The highest BCUT2D eigenvalue weighted by Gasteiger charge is 2.27. The van der Waals surface area contributed by atoms with Crippen molar-refractivity contribution in [2.45, 2.75) is 12.8 Å². The van der Waals surface area contributed by atoms with E-state index in [1.807, 2.05) is 0 Å². The van der Waals surface area contributed by atoms with E-state index in [4.69, 9.17) is 5.11 Å². The molecule has 0 aromatic carbocycles. The number of nitrogens with one attached hydrogen (secondary N) is 2. The lowest BCUT2D eigenvalue weighted by Crippen LogP contribution is -2.48. The molecule has 0 spiro atoms. The summed E-state index contributed by atoms with van der Waals surface area (Å²) < 4.78 is 0. The molecule has 4 amide bonds. The number of amides is 4. The van der Waals surface area contributed by atoms with E-state index in [9.17, 15) is 14.4 Å². The summed E-state index contributed by atoms with van der Waals surface area (Å²) in [5.74, 6) is -1.34. The molecule has 1 atom stereocenters. The molecule has 0 aliphatic carbocycles. The number of carboxylic acids is 1. The molecule has 0 bridgehead atoms. The minimum atomic E-state index is -0.860. The standard InChI is InChI=1S/C12H22N4O4/c1-15(2)11(19)13-5-6-14-12(20)16-7-3-4-9(8-16)10(17)18/h9H,3-8H2,1-2H3,(H,13,19)(H,14,20)(H,17,18)/t9-/m1/s1. The molecule has 1 rings (SSSR count). The summed E-state index contributed by atoms with van der Waals surface area (Å²) in [6.45, 7) is 1.45. The number of carbonyl (C=O) groups excluding carboxylic acids is 2. The van der Waals surface area contributed by atoms with Crippen LogP contribution in [0, 0.1) is 5.92 Å². The number of carbonyl (C=O) groups is 3. The molecule has 1 aliphatic heterocycles. The van der Waals surface area contributed by atoms with E-state index >= 15 is 0 Å². The van der Waals surface area contributed by atoms with Gasteiger partial charge in [0.1, 0.15) is 0 Å². The van der Waals surface area contributed by atoms with Crippen LogP contribution in [0.4, 0.5) is 9.59 Å². The summed E-state index contributed by atoms with van der Waals surface area (Å²) in [5, 5.41) is 14.2. The largest absolute Gasteiger partial charge is 0.481 e. The molecule has 1 fully saturated rings. The summed E-state index contributed by atoms with van der Waals surface area (Å²) in [5.41, 5.74) is 0. The molecule has 0 unspecified atom stereocenters.